The molecule has 0 saturated heterocycles. The summed E-state index contributed by atoms with van der Waals surface area (Å²) in [6.07, 6.45) is 1.31. The van der Waals surface area contributed by atoms with E-state index in [2.05, 4.69) is 20.7 Å². The molecule has 1 aliphatic carbocycles. The Kier molecular flexibility index (Phi) is 6.91. The van der Waals surface area contributed by atoms with Crippen LogP contribution in [0.15, 0.2) is 11.2 Å². The number of methoxy groups -OCH3 is 1. The van der Waals surface area contributed by atoms with Crippen molar-refractivity contribution in [2.75, 3.05) is 26.8 Å². The maximum Gasteiger partial charge on any atom is 0.435 e. The first-order chi connectivity index (χ1) is 12.3. The van der Waals surface area contributed by atoms with Crippen LogP contribution in [0.5, 0.6) is 0 Å². The second-order valence-electron chi connectivity index (χ2n) is 6.82. The number of aryl methyl sites for hydroxylation is 1. The lowest BCUT2D eigenvalue weighted by molar-refractivity contribution is -0.142. The van der Waals surface area contributed by atoms with Gasteiger partial charge < -0.3 is 15.4 Å². The third-order valence-electron chi connectivity index (χ3n) is 4.81. The second kappa shape index (κ2) is 8.75. The third kappa shape index (κ3) is 5.36. The van der Waals surface area contributed by atoms with Crippen molar-refractivity contribution in [3.8, 4) is 0 Å². The Morgan fingerprint density at radius 2 is 2.12 bits per heavy atom. The molecule has 26 heavy (non-hydrogen) atoms. The van der Waals surface area contributed by atoms with Crippen molar-refractivity contribution in [2.24, 2.45) is 17.5 Å². The van der Waals surface area contributed by atoms with E-state index in [1.54, 1.807) is 7.11 Å². The largest absolute Gasteiger partial charge is 0.435 e. The summed E-state index contributed by atoms with van der Waals surface area (Å²) < 4.78 is 45.5. The number of nitrogens with zero attached hydrogens (tertiary/aromatic N) is 3. The van der Waals surface area contributed by atoms with Crippen LogP contribution in [-0.4, -0.2) is 42.5 Å². The van der Waals surface area contributed by atoms with Crippen molar-refractivity contribution < 1.29 is 17.9 Å². The van der Waals surface area contributed by atoms with Gasteiger partial charge >= 0.3 is 6.18 Å². The van der Waals surface area contributed by atoms with Gasteiger partial charge in [0.1, 0.15) is 0 Å². The van der Waals surface area contributed by atoms with E-state index in [0.29, 0.717) is 19.1 Å². The molecule has 2 N–H and O–H groups in total. The average molecular weight is 375 g/mol. The molecule has 0 radical (unpaired) electrons. The predicted octanol–water partition coefficient (Wildman–Crippen LogP) is 2.70. The Labute approximate surface area is 152 Å². The Hall–Kier alpha value is -1.77. The second-order valence-corrected chi connectivity index (χ2v) is 6.82. The first kappa shape index (κ1) is 20.5. The van der Waals surface area contributed by atoms with Crippen LogP contribution in [-0.2, 0) is 24.5 Å². The van der Waals surface area contributed by atoms with Gasteiger partial charge in [-0.05, 0) is 31.6 Å². The van der Waals surface area contributed by atoms with Gasteiger partial charge in [-0.2, -0.15) is 18.3 Å². The summed E-state index contributed by atoms with van der Waals surface area (Å²) >= 11 is 0. The summed E-state index contributed by atoms with van der Waals surface area (Å²) in [5, 5.41) is 9.89. The summed E-state index contributed by atoms with van der Waals surface area (Å²) in [7, 11) is 3.17. The van der Waals surface area contributed by atoms with Crippen molar-refractivity contribution in [2.45, 2.75) is 45.3 Å². The van der Waals surface area contributed by atoms with E-state index >= 15 is 0 Å². The summed E-state index contributed by atoms with van der Waals surface area (Å²) in [5.41, 5.74) is -0.623. The van der Waals surface area contributed by atoms with Gasteiger partial charge in [-0.15, -0.1) is 0 Å². The number of ether oxygens (including phenoxy) is 1. The van der Waals surface area contributed by atoms with E-state index < -0.39 is 11.9 Å². The zero-order valence-corrected chi connectivity index (χ0v) is 15.6. The number of guanidine groups is 1. The number of alkyl halides is 3. The Balaban J connectivity index is 2.03. The zero-order valence-electron chi connectivity index (χ0n) is 15.6. The first-order valence-corrected chi connectivity index (χ1v) is 8.90. The number of aliphatic imine (C=N–C) groups is 1. The molecular weight excluding hydrogens is 347 g/mol. The molecule has 1 aromatic rings. The fraction of sp³-hybridized carbons (Fsp3) is 0.765. The fourth-order valence-electron chi connectivity index (χ4n) is 3.18. The molecule has 2 rings (SSSR count). The molecule has 1 aliphatic rings. The quantitative estimate of drug-likeness (QED) is 0.542. The topological polar surface area (TPSA) is 63.5 Å². The molecule has 1 fully saturated rings. The highest BCUT2D eigenvalue weighted by Crippen LogP contribution is 2.43. The monoisotopic (exact) mass is 375 g/mol. The number of nitrogens with one attached hydrogen (secondary N) is 2. The minimum atomic E-state index is -4.48. The number of halogens is 3. The normalized spacial score (nSPS) is 17.1. The summed E-state index contributed by atoms with van der Waals surface area (Å²) in [5.74, 6) is 0.521. The van der Waals surface area contributed by atoms with Crippen LogP contribution in [0, 0.1) is 5.41 Å². The van der Waals surface area contributed by atoms with Crippen molar-refractivity contribution in [3.05, 3.63) is 17.5 Å². The standard InChI is InChI=1S/C17H28F3N5O/c1-4-21-15(23-12-16(6-5-7-16)8-9-26-3)22-10-13-11-25(2)24-14(13)17(18,19)20/h11H,4-10,12H2,1-3H3,(H2,21,22,23). The number of hydrogen-bond donors (Lipinski definition) is 2. The molecule has 0 aromatic carbocycles. The fourth-order valence-corrected chi connectivity index (χ4v) is 3.18. The van der Waals surface area contributed by atoms with Crippen LogP contribution in [0.3, 0.4) is 0 Å². The zero-order chi connectivity index (χ0) is 19.2. The first-order valence-electron chi connectivity index (χ1n) is 8.90. The van der Waals surface area contributed by atoms with Gasteiger partial charge in [-0.3, -0.25) is 4.68 Å². The molecule has 0 bridgehead atoms. The molecule has 0 unspecified atom stereocenters. The molecule has 6 nitrogen and oxygen atoms in total. The van der Waals surface area contributed by atoms with Gasteiger partial charge in [0.15, 0.2) is 11.7 Å². The van der Waals surface area contributed by atoms with Crippen molar-refractivity contribution in [1.29, 1.82) is 0 Å². The smallest absolute Gasteiger partial charge is 0.385 e. The summed E-state index contributed by atoms with van der Waals surface area (Å²) in [4.78, 5) is 4.32. The van der Waals surface area contributed by atoms with Gasteiger partial charge in [-0.25, -0.2) is 4.99 Å². The van der Waals surface area contributed by atoms with E-state index in [0.717, 1.165) is 25.8 Å². The highest BCUT2D eigenvalue weighted by Gasteiger charge is 2.37. The number of aromatic nitrogens is 2. The minimum absolute atomic E-state index is 0.0648. The molecular formula is C17H28F3N5O. The highest BCUT2D eigenvalue weighted by atomic mass is 19.4. The van der Waals surface area contributed by atoms with Crippen molar-refractivity contribution >= 4 is 5.96 Å². The highest BCUT2D eigenvalue weighted by molar-refractivity contribution is 5.79. The Morgan fingerprint density at radius 3 is 2.65 bits per heavy atom. The summed E-state index contributed by atoms with van der Waals surface area (Å²) in [6, 6.07) is 0. The van der Waals surface area contributed by atoms with E-state index in [-0.39, 0.29) is 17.5 Å². The Bertz CT molecular complexity index is 608. The van der Waals surface area contributed by atoms with Crippen molar-refractivity contribution in [1.82, 2.24) is 20.4 Å². The molecule has 1 aromatic heterocycles. The molecule has 0 aliphatic heterocycles. The van der Waals surface area contributed by atoms with Gasteiger partial charge in [0.05, 0.1) is 6.54 Å². The molecule has 0 spiro atoms. The van der Waals surface area contributed by atoms with Crippen LogP contribution < -0.4 is 10.6 Å². The van der Waals surface area contributed by atoms with E-state index in [1.807, 2.05) is 6.92 Å². The molecule has 0 atom stereocenters. The van der Waals surface area contributed by atoms with E-state index in [9.17, 15) is 13.2 Å². The van der Waals surface area contributed by atoms with E-state index in [4.69, 9.17) is 4.74 Å². The number of hydrogen-bond acceptors (Lipinski definition) is 3. The SMILES string of the molecule is CCNC(=NCc1cn(C)nc1C(F)(F)F)NCC1(CCOC)CCC1. The number of rotatable bonds is 8. The molecule has 0 amide bonds. The van der Waals surface area contributed by atoms with Gasteiger partial charge in [0.25, 0.3) is 0 Å². The van der Waals surface area contributed by atoms with Crippen LogP contribution in [0.1, 0.15) is 43.9 Å². The predicted molar refractivity (Wildman–Crippen MR) is 93.8 cm³/mol. The maximum atomic E-state index is 13.0. The molecule has 1 heterocycles. The lowest BCUT2D eigenvalue weighted by atomic mass is 9.67. The van der Waals surface area contributed by atoms with Gasteiger partial charge in [-0.1, -0.05) is 6.42 Å². The average Bonchev–Trinajstić information content (AvgIpc) is 2.92. The van der Waals surface area contributed by atoms with Crippen molar-refractivity contribution in [3.63, 3.8) is 0 Å². The third-order valence-corrected chi connectivity index (χ3v) is 4.81. The van der Waals surface area contributed by atoms with Crippen LogP contribution in [0.25, 0.3) is 0 Å². The lowest BCUT2D eigenvalue weighted by Gasteiger charge is -2.42. The van der Waals surface area contributed by atoms with E-state index in [1.165, 1.54) is 24.3 Å². The van der Waals surface area contributed by atoms with Crippen LogP contribution in [0.2, 0.25) is 0 Å². The molecule has 9 heteroatoms. The minimum Gasteiger partial charge on any atom is -0.385 e. The summed E-state index contributed by atoms with van der Waals surface area (Å²) in [6.45, 7) is 3.92. The Morgan fingerprint density at radius 1 is 1.38 bits per heavy atom. The van der Waals surface area contributed by atoms with Gasteiger partial charge in [0, 0.05) is 45.6 Å². The lowest BCUT2D eigenvalue weighted by Crippen LogP contribution is -2.47. The van der Waals surface area contributed by atoms with Crippen LogP contribution >= 0.6 is 0 Å². The molecule has 1 saturated carbocycles. The maximum absolute atomic E-state index is 13.0. The van der Waals surface area contributed by atoms with Crippen LogP contribution in [0.4, 0.5) is 13.2 Å². The van der Waals surface area contributed by atoms with Gasteiger partial charge in [0.2, 0.25) is 0 Å². The molecule has 148 valence electrons.